The van der Waals surface area contributed by atoms with E-state index in [2.05, 4.69) is 4.98 Å². The lowest BCUT2D eigenvalue weighted by molar-refractivity contribution is -0.137. The summed E-state index contributed by atoms with van der Waals surface area (Å²) in [5.74, 6) is -1.00. The zero-order valence-corrected chi connectivity index (χ0v) is 18.3. The molecule has 0 radical (unpaired) electrons. The van der Waals surface area contributed by atoms with Gasteiger partial charge >= 0.3 is 6.18 Å². The van der Waals surface area contributed by atoms with E-state index in [1.54, 1.807) is 36.4 Å². The zero-order chi connectivity index (χ0) is 23.8. The smallest absolute Gasteiger partial charge is 0.304 e. The normalized spacial score (nSPS) is 12.1. The molecule has 2 aromatic heterocycles. The Bertz CT molecular complexity index is 1420. The predicted molar refractivity (Wildman–Crippen MR) is 115 cm³/mol. The number of rotatable bonds is 5. The summed E-state index contributed by atoms with van der Waals surface area (Å²) in [7, 11) is -4.30. The number of aromatic nitrogens is 2. The molecular formula is C22H15ClF3N3O3S. The van der Waals surface area contributed by atoms with Crippen LogP contribution in [-0.4, -0.2) is 28.0 Å². The number of hydrogen-bond acceptors (Lipinski definition) is 4. The second-order valence-corrected chi connectivity index (χ2v) is 9.32. The number of benzene rings is 2. The predicted octanol–water partition coefficient (Wildman–Crippen LogP) is 5.04. The van der Waals surface area contributed by atoms with Gasteiger partial charge in [0.25, 0.3) is 15.9 Å². The van der Waals surface area contributed by atoms with Gasteiger partial charge in [0.05, 0.1) is 22.0 Å². The Balaban J connectivity index is 1.81. The molecule has 0 fully saturated rings. The van der Waals surface area contributed by atoms with Crippen LogP contribution in [0.1, 0.15) is 21.6 Å². The van der Waals surface area contributed by atoms with Gasteiger partial charge in [-0.2, -0.15) is 13.2 Å². The molecule has 0 aliphatic carbocycles. The van der Waals surface area contributed by atoms with Gasteiger partial charge in [-0.1, -0.05) is 60.1 Å². The van der Waals surface area contributed by atoms with Crippen molar-refractivity contribution >= 4 is 33.2 Å². The summed E-state index contributed by atoms with van der Waals surface area (Å²) < 4.78 is 67.6. The van der Waals surface area contributed by atoms with Crippen LogP contribution < -0.4 is 0 Å². The van der Waals surface area contributed by atoms with Crippen LogP contribution in [0, 0.1) is 0 Å². The second-order valence-electron chi connectivity index (χ2n) is 7.05. The Kier molecular flexibility index (Phi) is 5.89. The highest BCUT2D eigenvalue weighted by Gasteiger charge is 2.34. The van der Waals surface area contributed by atoms with Crippen molar-refractivity contribution < 1.29 is 26.4 Å². The number of alkyl halides is 3. The number of imidazole rings is 1. The summed E-state index contributed by atoms with van der Waals surface area (Å²) in [5, 5.41) is -0.329. The van der Waals surface area contributed by atoms with Gasteiger partial charge in [-0.3, -0.25) is 4.79 Å². The lowest BCUT2D eigenvalue weighted by atomic mass is 10.2. The van der Waals surface area contributed by atoms with Crippen molar-refractivity contribution in [3.63, 3.8) is 0 Å². The first-order valence-electron chi connectivity index (χ1n) is 9.49. The average Bonchev–Trinajstić information content (AvgIpc) is 3.23. The fraction of sp³-hybridized carbons (Fsp3) is 0.0909. The minimum Gasteiger partial charge on any atom is -0.304 e. The van der Waals surface area contributed by atoms with E-state index < -0.39 is 27.7 Å². The molecule has 170 valence electrons. The summed E-state index contributed by atoms with van der Waals surface area (Å²) in [6, 6.07) is 16.5. The van der Waals surface area contributed by atoms with E-state index in [4.69, 9.17) is 11.6 Å². The zero-order valence-electron chi connectivity index (χ0n) is 16.7. The molecule has 2 heterocycles. The summed E-state index contributed by atoms with van der Waals surface area (Å²) in [6.07, 6.45) is -2.90. The molecule has 0 atom stereocenters. The number of sulfonamides is 1. The fourth-order valence-electron chi connectivity index (χ4n) is 3.18. The SMILES string of the molecule is O=C(c1cn2cc(C(F)(F)F)cc(Cl)c2n1)N(Cc1ccccc1)S(=O)(=O)c1ccccc1. The molecule has 0 saturated heterocycles. The Morgan fingerprint density at radius 3 is 2.21 bits per heavy atom. The first-order valence-corrected chi connectivity index (χ1v) is 11.3. The van der Waals surface area contributed by atoms with Crippen LogP contribution in [0.3, 0.4) is 0 Å². The fourth-order valence-corrected chi connectivity index (χ4v) is 4.82. The summed E-state index contributed by atoms with van der Waals surface area (Å²) in [4.78, 5) is 17.2. The summed E-state index contributed by atoms with van der Waals surface area (Å²) >= 11 is 5.95. The van der Waals surface area contributed by atoms with Crippen LogP contribution in [0.25, 0.3) is 5.65 Å². The molecule has 0 aliphatic heterocycles. The molecule has 4 rings (SSSR count). The van der Waals surface area contributed by atoms with Gasteiger partial charge in [-0.05, 0) is 23.8 Å². The van der Waals surface area contributed by atoms with Crippen LogP contribution in [0.15, 0.2) is 84.0 Å². The Morgan fingerprint density at radius 2 is 1.61 bits per heavy atom. The lowest BCUT2D eigenvalue weighted by Crippen LogP contribution is -2.36. The summed E-state index contributed by atoms with van der Waals surface area (Å²) in [5.41, 5.74) is -0.975. The standard InChI is InChI=1S/C22H15ClF3N3O3S/c23-18-11-16(22(24,25)26)13-28-14-19(27-20(18)28)21(30)29(12-15-7-3-1-4-8-15)33(31,32)17-9-5-2-6-10-17/h1-11,13-14H,12H2. The van der Waals surface area contributed by atoms with Gasteiger partial charge < -0.3 is 4.40 Å². The molecule has 0 bridgehead atoms. The molecule has 11 heteroatoms. The number of carbonyl (C=O) groups is 1. The third-order valence-electron chi connectivity index (χ3n) is 4.78. The summed E-state index contributed by atoms with van der Waals surface area (Å²) in [6.45, 7) is -0.299. The van der Waals surface area contributed by atoms with Crippen molar-refractivity contribution in [2.75, 3.05) is 0 Å². The Labute approximate surface area is 191 Å². The number of nitrogens with zero attached hydrogens (tertiary/aromatic N) is 3. The van der Waals surface area contributed by atoms with Crippen LogP contribution >= 0.6 is 11.6 Å². The van der Waals surface area contributed by atoms with Crippen molar-refractivity contribution in [2.24, 2.45) is 0 Å². The molecule has 6 nitrogen and oxygen atoms in total. The Hall–Kier alpha value is -3.37. The van der Waals surface area contributed by atoms with E-state index in [1.807, 2.05) is 0 Å². The minimum atomic E-state index is -4.66. The molecule has 0 N–H and O–H groups in total. The Morgan fingerprint density at radius 1 is 1.00 bits per heavy atom. The van der Waals surface area contributed by atoms with Crippen molar-refractivity contribution in [2.45, 2.75) is 17.6 Å². The highest BCUT2D eigenvalue weighted by Crippen LogP contribution is 2.32. The van der Waals surface area contributed by atoms with E-state index in [0.29, 0.717) is 15.9 Å². The van der Waals surface area contributed by atoms with Crippen LogP contribution in [-0.2, 0) is 22.7 Å². The molecule has 33 heavy (non-hydrogen) atoms. The first-order chi connectivity index (χ1) is 15.6. The highest BCUT2D eigenvalue weighted by molar-refractivity contribution is 7.89. The van der Waals surface area contributed by atoms with Crippen LogP contribution in [0.5, 0.6) is 0 Å². The lowest BCUT2D eigenvalue weighted by Gasteiger charge is -2.22. The van der Waals surface area contributed by atoms with Gasteiger partial charge in [-0.15, -0.1) is 0 Å². The quantitative estimate of drug-likeness (QED) is 0.390. The third kappa shape index (κ3) is 4.57. The number of amides is 1. The van der Waals surface area contributed by atoms with Crippen LogP contribution in [0.4, 0.5) is 13.2 Å². The third-order valence-corrected chi connectivity index (χ3v) is 6.80. The van der Waals surface area contributed by atoms with Crippen molar-refractivity contribution in [1.82, 2.24) is 13.7 Å². The molecule has 0 spiro atoms. The molecule has 0 saturated carbocycles. The highest BCUT2D eigenvalue weighted by atomic mass is 35.5. The molecule has 1 amide bonds. The monoisotopic (exact) mass is 493 g/mol. The van der Waals surface area contributed by atoms with Gasteiger partial charge in [0.2, 0.25) is 0 Å². The van der Waals surface area contributed by atoms with Gasteiger partial charge in [0.1, 0.15) is 5.69 Å². The van der Waals surface area contributed by atoms with Gasteiger partial charge in [-0.25, -0.2) is 17.7 Å². The number of carbonyl (C=O) groups excluding carboxylic acids is 1. The van der Waals surface area contributed by atoms with Gasteiger partial charge in [0, 0.05) is 12.4 Å². The molecule has 0 aliphatic rings. The number of hydrogen-bond donors (Lipinski definition) is 0. The largest absolute Gasteiger partial charge is 0.417 e. The first kappa shape index (κ1) is 22.8. The van der Waals surface area contributed by atoms with Gasteiger partial charge in [0.15, 0.2) is 5.65 Å². The number of halogens is 4. The molecule has 0 unspecified atom stereocenters. The maximum absolute atomic E-state index is 13.3. The molecule has 4 aromatic rings. The maximum Gasteiger partial charge on any atom is 0.417 e. The van der Waals surface area contributed by atoms with Crippen molar-refractivity contribution in [1.29, 1.82) is 0 Å². The van der Waals surface area contributed by atoms with Crippen LogP contribution in [0.2, 0.25) is 5.02 Å². The average molecular weight is 494 g/mol. The van der Waals surface area contributed by atoms with E-state index in [9.17, 15) is 26.4 Å². The topological polar surface area (TPSA) is 71.8 Å². The van der Waals surface area contributed by atoms with Crippen molar-refractivity contribution in [3.8, 4) is 0 Å². The van der Waals surface area contributed by atoms with E-state index in [0.717, 1.165) is 16.8 Å². The van der Waals surface area contributed by atoms with Crippen molar-refractivity contribution in [3.05, 3.63) is 101 Å². The second kappa shape index (κ2) is 8.53. The molecule has 2 aromatic carbocycles. The number of fused-ring (bicyclic) bond motifs is 1. The number of pyridine rings is 1. The maximum atomic E-state index is 13.3. The van der Waals surface area contributed by atoms with E-state index in [1.165, 1.54) is 24.3 Å². The van der Waals surface area contributed by atoms with E-state index >= 15 is 0 Å². The minimum absolute atomic E-state index is 0.107. The molecular weight excluding hydrogens is 479 g/mol. The van der Waals surface area contributed by atoms with E-state index in [-0.39, 0.29) is 27.8 Å².